The molecule has 0 atom stereocenters. The molecule has 4 heterocycles. The second-order valence-electron chi connectivity index (χ2n) is 13.8. The van der Waals surface area contributed by atoms with E-state index in [0.717, 1.165) is 88.6 Å². The van der Waals surface area contributed by atoms with E-state index in [1.165, 1.54) is 0 Å². The summed E-state index contributed by atoms with van der Waals surface area (Å²) >= 11 is 0. The molecule has 11 aromatic rings. The van der Waals surface area contributed by atoms with Gasteiger partial charge in [0, 0.05) is 44.1 Å². The molecular formula is C50H31N5O. The van der Waals surface area contributed by atoms with Crippen molar-refractivity contribution in [2.24, 2.45) is 0 Å². The Morgan fingerprint density at radius 3 is 1.50 bits per heavy atom. The molecule has 0 N–H and O–H groups in total. The molecule has 0 radical (unpaired) electrons. The highest BCUT2D eigenvalue weighted by molar-refractivity contribution is 6.28. The van der Waals surface area contributed by atoms with Gasteiger partial charge in [0.2, 0.25) is 5.71 Å². The maximum Gasteiger partial charge on any atom is 0.213 e. The summed E-state index contributed by atoms with van der Waals surface area (Å²) in [6, 6.07) is 64.4. The van der Waals surface area contributed by atoms with Gasteiger partial charge in [0.15, 0.2) is 23.1 Å². The predicted octanol–water partition coefficient (Wildman–Crippen LogP) is 12.6. The minimum absolute atomic E-state index is 0.626. The predicted molar refractivity (Wildman–Crippen MR) is 226 cm³/mol. The molecule has 0 unspecified atom stereocenters. The van der Waals surface area contributed by atoms with Gasteiger partial charge in [0.1, 0.15) is 5.69 Å². The van der Waals surface area contributed by atoms with Gasteiger partial charge in [0.05, 0.1) is 16.4 Å². The fourth-order valence-electron chi connectivity index (χ4n) is 7.80. The number of hydrogen-bond donors (Lipinski definition) is 0. The van der Waals surface area contributed by atoms with Gasteiger partial charge in [-0.1, -0.05) is 158 Å². The monoisotopic (exact) mass is 717 g/mol. The SMILES string of the molecule is c1ccc(-c2nc(-c3ccccc3)nc(-c3ccc(-c4ccc5c(c4)c4c6c(oc4n5-c4ccccc4)c(-c4ccccc4)nc4ccccc46)cc3)n2)cc1. The number of hydrogen-bond acceptors (Lipinski definition) is 5. The quantitative estimate of drug-likeness (QED) is 0.171. The first kappa shape index (κ1) is 31.8. The second kappa shape index (κ2) is 13.0. The van der Waals surface area contributed by atoms with Gasteiger partial charge in [-0.15, -0.1) is 0 Å². The third-order valence-corrected chi connectivity index (χ3v) is 10.5. The molecule has 0 fully saturated rings. The number of aromatic nitrogens is 5. The minimum atomic E-state index is 0.626. The van der Waals surface area contributed by atoms with E-state index in [0.29, 0.717) is 17.5 Å². The Morgan fingerprint density at radius 1 is 0.375 bits per heavy atom. The number of rotatable bonds is 6. The lowest BCUT2D eigenvalue weighted by Gasteiger charge is -2.10. The smallest absolute Gasteiger partial charge is 0.213 e. The van der Waals surface area contributed by atoms with Crippen molar-refractivity contribution in [3.63, 3.8) is 0 Å². The first-order chi connectivity index (χ1) is 27.8. The number of fused-ring (bicyclic) bond motifs is 7. The largest absolute Gasteiger partial charge is 0.437 e. The van der Waals surface area contributed by atoms with E-state index in [4.69, 9.17) is 24.4 Å². The maximum atomic E-state index is 6.99. The fourth-order valence-corrected chi connectivity index (χ4v) is 7.80. The second-order valence-corrected chi connectivity index (χ2v) is 13.8. The van der Waals surface area contributed by atoms with Gasteiger partial charge in [-0.3, -0.25) is 4.57 Å². The van der Waals surface area contributed by atoms with Gasteiger partial charge < -0.3 is 4.42 Å². The molecule has 0 spiro atoms. The summed E-state index contributed by atoms with van der Waals surface area (Å²) in [6.07, 6.45) is 0. The van der Waals surface area contributed by atoms with E-state index < -0.39 is 0 Å². The van der Waals surface area contributed by atoms with Crippen LogP contribution in [0.3, 0.4) is 0 Å². The molecule has 0 bridgehead atoms. The Hall–Kier alpha value is -7.70. The van der Waals surface area contributed by atoms with Crippen LogP contribution in [0.15, 0.2) is 192 Å². The van der Waals surface area contributed by atoms with Crippen molar-refractivity contribution < 1.29 is 4.42 Å². The summed E-state index contributed by atoms with van der Waals surface area (Å²) in [7, 11) is 0. The zero-order chi connectivity index (χ0) is 37.0. The highest BCUT2D eigenvalue weighted by Gasteiger charge is 2.24. The Bertz CT molecular complexity index is 3150. The van der Waals surface area contributed by atoms with Gasteiger partial charge in [-0.25, -0.2) is 19.9 Å². The third-order valence-electron chi connectivity index (χ3n) is 10.5. The number of nitrogens with zero attached hydrogens (tertiary/aromatic N) is 5. The van der Waals surface area contributed by atoms with E-state index in [1.54, 1.807) is 0 Å². The van der Waals surface area contributed by atoms with Crippen molar-refractivity contribution in [1.29, 1.82) is 0 Å². The normalized spacial score (nSPS) is 11.6. The van der Waals surface area contributed by atoms with Crippen molar-refractivity contribution >= 4 is 43.9 Å². The van der Waals surface area contributed by atoms with Gasteiger partial charge >= 0.3 is 0 Å². The standard InChI is InChI=1S/C50H31N5O/c1-5-15-33(16-6-1)45-46-43(39-23-13-14-24-41(39)51-45)44-40-31-37(29-30-42(40)55(50(44)56-46)38-21-11-4-12-22-38)32-25-27-36(28-26-32)49-53-47(34-17-7-2-8-18-34)52-48(54-49)35-19-9-3-10-20-35/h1-31H. The number of benzene rings is 7. The van der Waals surface area contributed by atoms with Crippen LogP contribution in [-0.4, -0.2) is 24.5 Å². The van der Waals surface area contributed by atoms with Gasteiger partial charge in [-0.05, 0) is 41.5 Å². The van der Waals surface area contributed by atoms with E-state index in [2.05, 4.69) is 102 Å². The van der Waals surface area contributed by atoms with Gasteiger partial charge in [-0.2, -0.15) is 0 Å². The van der Waals surface area contributed by atoms with Gasteiger partial charge in [0.25, 0.3) is 0 Å². The first-order valence-electron chi connectivity index (χ1n) is 18.6. The molecule has 7 aromatic carbocycles. The molecule has 56 heavy (non-hydrogen) atoms. The van der Waals surface area contributed by atoms with Crippen LogP contribution in [0.2, 0.25) is 0 Å². The minimum Gasteiger partial charge on any atom is -0.437 e. The van der Waals surface area contributed by atoms with Crippen molar-refractivity contribution in [3.8, 4) is 62.2 Å². The number of para-hydroxylation sites is 2. The summed E-state index contributed by atoms with van der Waals surface area (Å²) in [6.45, 7) is 0. The zero-order valence-corrected chi connectivity index (χ0v) is 30.0. The van der Waals surface area contributed by atoms with E-state index >= 15 is 0 Å². The fraction of sp³-hybridized carbons (Fsp3) is 0. The van der Waals surface area contributed by atoms with Crippen LogP contribution in [-0.2, 0) is 0 Å². The van der Waals surface area contributed by atoms with Crippen molar-refractivity contribution in [1.82, 2.24) is 24.5 Å². The molecule has 6 nitrogen and oxygen atoms in total. The molecule has 11 rings (SSSR count). The summed E-state index contributed by atoms with van der Waals surface area (Å²) in [5.74, 6) is 1.91. The van der Waals surface area contributed by atoms with Crippen LogP contribution in [0.5, 0.6) is 0 Å². The molecule has 0 aliphatic rings. The van der Waals surface area contributed by atoms with E-state index in [1.807, 2.05) is 91.0 Å². The van der Waals surface area contributed by atoms with Crippen molar-refractivity contribution in [2.45, 2.75) is 0 Å². The van der Waals surface area contributed by atoms with Crippen LogP contribution >= 0.6 is 0 Å². The molecule has 6 heteroatoms. The summed E-state index contributed by atoms with van der Waals surface area (Å²) in [4.78, 5) is 19.9. The Labute approximate surface area is 322 Å². The first-order valence-corrected chi connectivity index (χ1v) is 18.6. The highest BCUT2D eigenvalue weighted by Crippen LogP contribution is 2.45. The molecule has 0 aliphatic heterocycles. The molecule has 262 valence electrons. The van der Waals surface area contributed by atoms with Crippen molar-refractivity contribution in [2.75, 3.05) is 0 Å². The lowest BCUT2D eigenvalue weighted by Crippen LogP contribution is -2.00. The topological polar surface area (TPSA) is 69.6 Å². The third kappa shape index (κ3) is 5.27. The van der Waals surface area contributed by atoms with Crippen LogP contribution in [0, 0.1) is 0 Å². The molecule has 0 saturated carbocycles. The van der Waals surface area contributed by atoms with Crippen molar-refractivity contribution in [3.05, 3.63) is 188 Å². The number of furan rings is 1. The molecule has 0 amide bonds. The zero-order valence-electron chi connectivity index (χ0n) is 30.0. The highest BCUT2D eigenvalue weighted by atomic mass is 16.3. The molecule has 0 saturated heterocycles. The molecule has 0 aliphatic carbocycles. The van der Waals surface area contributed by atoms with Crippen LogP contribution in [0.25, 0.3) is 106 Å². The van der Waals surface area contributed by atoms with Crippen LogP contribution < -0.4 is 0 Å². The summed E-state index contributed by atoms with van der Waals surface area (Å²) in [5.41, 5.74) is 11.4. The molecular weight excluding hydrogens is 687 g/mol. The maximum absolute atomic E-state index is 6.99. The Kier molecular flexibility index (Phi) is 7.38. The summed E-state index contributed by atoms with van der Waals surface area (Å²) < 4.78 is 9.22. The lowest BCUT2D eigenvalue weighted by molar-refractivity contribution is 0.645. The number of pyridine rings is 1. The Morgan fingerprint density at radius 2 is 0.875 bits per heavy atom. The lowest BCUT2D eigenvalue weighted by atomic mass is 9.99. The van der Waals surface area contributed by atoms with E-state index in [-0.39, 0.29) is 0 Å². The average molecular weight is 718 g/mol. The van der Waals surface area contributed by atoms with E-state index in [9.17, 15) is 0 Å². The summed E-state index contributed by atoms with van der Waals surface area (Å²) in [5, 5.41) is 4.30. The average Bonchev–Trinajstić information content (AvgIpc) is 3.82. The molecule has 4 aromatic heterocycles. The van der Waals surface area contributed by atoms with Crippen LogP contribution in [0.4, 0.5) is 0 Å². The van der Waals surface area contributed by atoms with Crippen LogP contribution in [0.1, 0.15) is 0 Å². The Balaban J connectivity index is 1.10.